The number of aromatic nitrogens is 4. The number of rotatable bonds is 10. The Morgan fingerprint density at radius 3 is 2.43 bits per heavy atom. The number of imidazole rings is 1. The molecule has 5 N–H and O–H groups in total. The Morgan fingerprint density at radius 1 is 1.17 bits per heavy atom. The van der Waals surface area contributed by atoms with E-state index in [0.717, 1.165) is 13.3 Å². The second-order valence-electron chi connectivity index (χ2n) is 9.09. The van der Waals surface area contributed by atoms with Crippen LogP contribution in [-0.2, 0) is 24.5 Å². The van der Waals surface area contributed by atoms with E-state index in [1.807, 2.05) is 0 Å². The number of hydrogen-bond donors (Lipinski definition) is 4. The Bertz CT molecular complexity index is 1480. The molecular formula is C25H35FN8O7S. The Kier molecular flexibility index (Phi) is 11.1. The predicted octanol–water partition coefficient (Wildman–Crippen LogP) is 0.894. The maximum atomic E-state index is 15.4. The van der Waals surface area contributed by atoms with Gasteiger partial charge in [0.15, 0.2) is 30.0 Å². The highest BCUT2D eigenvalue weighted by atomic mass is 32.2. The Balaban J connectivity index is 0.000000616. The molecule has 1 saturated heterocycles. The van der Waals surface area contributed by atoms with Crippen LogP contribution in [0.15, 0.2) is 36.9 Å². The lowest BCUT2D eigenvalue weighted by atomic mass is 10.1. The number of phenols is 1. The van der Waals surface area contributed by atoms with Crippen molar-refractivity contribution in [3.05, 3.63) is 42.5 Å². The number of nitrogens with zero attached hydrogens (tertiary/aromatic N) is 5. The number of para-hydroxylation sites is 1. The fraction of sp³-hybridized carbons (Fsp3) is 0.480. The molecule has 0 unspecified atom stereocenters. The lowest BCUT2D eigenvalue weighted by Crippen LogP contribution is -2.46. The van der Waals surface area contributed by atoms with E-state index in [9.17, 15) is 23.1 Å². The third-order valence-electron chi connectivity index (χ3n) is 6.42. The first kappa shape index (κ1) is 32.6. The van der Waals surface area contributed by atoms with Crippen molar-refractivity contribution in [2.24, 2.45) is 0 Å². The fourth-order valence-corrected chi connectivity index (χ4v) is 5.02. The maximum absolute atomic E-state index is 15.4. The second-order valence-corrected chi connectivity index (χ2v) is 10.6. The van der Waals surface area contributed by atoms with Crippen molar-refractivity contribution in [3.8, 4) is 5.75 Å². The van der Waals surface area contributed by atoms with Crippen molar-refractivity contribution in [2.45, 2.75) is 52.3 Å². The van der Waals surface area contributed by atoms with Crippen LogP contribution in [-0.4, -0.2) is 94.4 Å². The Hall–Kier alpha value is -3.93. The van der Waals surface area contributed by atoms with Crippen molar-refractivity contribution < 1.29 is 37.0 Å². The van der Waals surface area contributed by atoms with Gasteiger partial charge >= 0.3 is 16.2 Å². The molecule has 4 atom stereocenters. The van der Waals surface area contributed by atoms with Gasteiger partial charge in [0, 0.05) is 13.5 Å². The molecule has 1 fully saturated rings. The number of anilines is 1. The number of carbonyl (C=O) groups is 2. The van der Waals surface area contributed by atoms with Crippen LogP contribution in [0.3, 0.4) is 0 Å². The zero-order valence-corrected chi connectivity index (χ0v) is 24.4. The zero-order valence-electron chi connectivity index (χ0n) is 23.6. The number of halogens is 1. The smallest absolute Gasteiger partial charge is 0.303 e. The van der Waals surface area contributed by atoms with E-state index in [-0.39, 0.29) is 22.5 Å². The average molecular weight is 611 g/mol. The number of alkyl halides is 1. The number of phenolic OH excluding ortho intramolecular Hbond substituents is 1. The van der Waals surface area contributed by atoms with Crippen LogP contribution in [0, 0.1) is 0 Å². The number of hydrogen-bond acceptors (Lipinski definition) is 12. The summed E-state index contributed by atoms with van der Waals surface area (Å²) in [7, 11) is -4.47. The molecule has 0 aliphatic carbocycles. The third kappa shape index (κ3) is 7.87. The molecule has 230 valence electrons. The lowest BCUT2D eigenvalue weighted by Gasteiger charge is -2.19. The first-order chi connectivity index (χ1) is 19.9. The van der Waals surface area contributed by atoms with E-state index in [0.29, 0.717) is 0 Å². The number of nitrogens with two attached hydrogens (primary N) is 1. The largest absolute Gasteiger partial charge is 0.507 e. The summed E-state index contributed by atoms with van der Waals surface area (Å²) in [5.41, 5.74) is 5.83. The number of carbonyl (C=O) groups excluding carboxylic acids is 2. The molecule has 2 aromatic heterocycles. The molecule has 15 nitrogen and oxygen atoms in total. The molecule has 4 rings (SSSR count). The minimum Gasteiger partial charge on any atom is -0.507 e. The topological polar surface area (TPSA) is 204 Å². The highest BCUT2D eigenvalue weighted by Gasteiger charge is 2.49. The Labute approximate surface area is 242 Å². The highest BCUT2D eigenvalue weighted by molar-refractivity contribution is 7.88. The van der Waals surface area contributed by atoms with Crippen LogP contribution in [0.4, 0.5) is 10.2 Å². The van der Waals surface area contributed by atoms with E-state index in [1.165, 1.54) is 54.8 Å². The van der Waals surface area contributed by atoms with Gasteiger partial charge < -0.3 is 25.2 Å². The van der Waals surface area contributed by atoms with Gasteiger partial charge in [-0.15, -0.1) is 0 Å². The van der Waals surface area contributed by atoms with Crippen molar-refractivity contribution in [1.82, 2.24) is 33.9 Å². The first-order valence-electron chi connectivity index (χ1n) is 13.1. The first-order valence-corrected chi connectivity index (χ1v) is 14.6. The fourth-order valence-electron chi connectivity index (χ4n) is 4.21. The zero-order chi connectivity index (χ0) is 31.0. The van der Waals surface area contributed by atoms with Crippen LogP contribution in [0.5, 0.6) is 5.75 Å². The average Bonchev–Trinajstić information content (AvgIpc) is 3.50. The van der Waals surface area contributed by atoms with Gasteiger partial charge in [-0.3, -0.25) is 14.2 Å². The van der Waals surface area contributed by atoms with Crippen LogP contribution >= 0.6 is 0 Å². The summed E-state index contributed by atoms with van der Waals surface area (Å²) in [6, 6.07) is 5.33. The normalized spacial score (nSPS) is 20.2. The van der Waals surface area contributed by atoms with E-state index < -0.39 is 59.0 Å². The van der Waals surface area contributed by atoms with Gasteiger partial charge in [0.1, 0.15) is 23.7 Å². The van der Waals surface area contributed by atoms with Gasteiger partial charge in [-0.05, 0) is 31.8 Å². The summed E-state index contributed by atoms with van der Waals surface area (Å²) in [5.74, 6) is -2.27. The van der Waals surface area contributed by atoms with Gasteiger partial charge in [0.25, 0.3) is 5.91 Å². The van der Waals surface area contributed by atoms with E-state index in [4.69, 9.17) is 15.2 Å². The molecule has 3 heterocycles. The molecule has 0 spiro atoms. The van der Waals surface area contributed by atoms with E-state index in [2.05, 4.69) is 45.3 Å². The van der Waals surface area contributed by atoms with E-state index in [1.54, 1.807) is 4.72 Å². The van der Waals surface area contributed by atoms with Crippen LogP contribution in [0.2, 0.25) is 0 Å². The monoisotopic (exact) mass is 610 g/mol. The van der Waals surface area contributed by atoms with Crippen LogP contribution < -0.4 is 15.2 Å². The molecule has 1 amide bonds. The standard InChI is InChI=1S/C19H20FN7O7S.C6H15N/c1-9(28)33-15-12(6-25-35(31,32)26-18(30)10-4-2-3-5-11(10)29)34-19(13(15)20)27-8-24-14-16(21)22-7-23-17(14)27;1-4-7(5-2)6-3/h2-5,7-8,12-13,15,19,25,29H,6H2,1H3,(H,26,30)(H2,21,22,23);4-6H2,1-3H3/t12-,13-,15-,19-;/m1./s1. The van der Waals surface area contributed by atoms with Gasteiger partial charge in [0.2, 0.25) is 0 Å². The number of benzene rings is 1. The summed E-state index contributed by atoms with van der Waals surface area (Å²) in [6.45, 7) is 10.6. The number of fused-ring (bicyclic) bond motifs is 1. The number of nitrogens with one attached hydrogen (secondary N) is 2. The molecule has 17 heteroatoms. The minimum absolute atomic E-state index is 0.0585. The molecule has 0 saturated carbocycles. The van der Waals surface area contributed by atoms with Gasteiger partial charge in [-0.25, -0.2) is 24.1 Å². The lowest BCUT2D eigenvalue weighted by molar-refractivity contribution is -0.150. The molecule has 1 aliphatic rings. The van der Waals surface area contributed by atoms with Gasteiger partial charge in [0.05, 0.1) is 11.9 Å². The van der Waals surface area contributed by atoms with Crippen molar-refractivity contribution in [1.29, 1.82) is 0 Å². The maximum Gasteiger partial charge on any atom is 0.303 e. The summed E-state index contributed by atoms with van der Waals surface area (Å²) in [4.78, 5) is 38.0. The number of ether oxygens (including phenoxy) is 2. The summed E-state index contributed by atoms with van der Waals surface area (Å²) >= 11 is 0. The molecular weight excluding hydrogens is 575 g/mol. The quantitative estimate of drug-likeness (QED) is 0.236. The summed E-state index contributed by atoms with van der Waals surface area (Å²) in [6.07, 6.45) is -3.72. The van der Waals surface area contributed by atoms with Crippen molar-refractivity contribution in [3.63, 3.8) is 0 Å². The molecule has 1 aromatic carbocycles. The molecule has 42 heavy (non-hydrogen) atoms. The molecule has 0 bridgehead atoms. The van der Waals surface area contributed by atoms with Crippen LogP contribution in [0.1, 0.15) is 44.3 Å². The number of amides is 1. The van der Waals surface area contributed by atoms with Crippen LogP contribution in [0.25, 0.3) is 11.2 Å². The predicted molar refractivity (Wildman–Crippen MR) is 150 cm³/mol. The molecule has 3 aromatic rings. The summed E-state index contributed by atoms with van der Waals surface area (Å²) in [5, 5.41) is 9.73. The minimum atomic E-state index is -4.47. The number of nitrogen functional groups attached to an aromatic ring is 1. The van der Waals surface area contributed by atoms with Gasteiger partial charge in [-0.1, -0.05) is 32.9 Å². The third-order valence-corrected chi connectivity index (χ3v) is 7.42. The Morgan fingerprint density at radius 2 is 1.83 bits per heavy atom. The van der Waals surface area contributed by atoms with Crippen molar-refractivity contribution in [2.75, 3.05) is 31.9 Å². The van der Waals surface area contributed by atoms with E-state index >= 15 is 4.39 Å². The SMILES string of the molecule is CC(=O)O[C@H]1[C@@H](F)[C@H](n2cnc3c(N)ncnc32)O[C@@H]1CNS(=O)(=O)NC(=O)c1ccccc1O.CCN(CC)CC. The van der Waals surface area contributed by atoms with Gasteiger partial charge in [-0.2, -0.15) is 13.1 Å². The molecule has 0 radical (unpaired) electrons. The number of esters is 1. The number of aromatic hydroxyl groups is 1. The molecule has 1 aliphatic heterocycles. The van der Waals surface area contributed by atoms with Crippen molar-refractivity contribution >= 4 is 39.1 Å². The second kappa shape index (κ2) is 14.3. The summed E-state index contributed by atoms with van der Waals surface area (Å²) < 4.78 is 55.9. The highest BCUT2D eigenvalue weighted by Crippen LogP contribution is 2.35.